The molecule has 4 nitrogen and oxygen atoms in total. The first-order valence-corrected chi connectivity index (χ1v) is 7.43. The lowest BCUT2D eigenvalue weighted by Gasteiger charge is -2.13. The van der Waals surface area contributed by atoms with Gasteiger partial charge in [0.25, 0.3) is 0 Å². The van der Waals surface area contributed by atoms with Crippen LogP contribution in [0.3, 0.4) is 0 Å². The number of carboxylic acids is 1. The van der Waals surface area contributed by atoms with E-state index < -0.39 is 5.97 Å². The Morgan fingerprint density at radius 2 is 2.28 bits per heavy atom. The van der Waals surface area contributed by atoms with E-state index in [9.17, 15) is 4.79 Å². The molecule has 0 spiro atoms. The Morgan fingerprint density at radius 3 is 2.83 bits per heavy atom. The van der Waals surface area contributed by atoms with E-state index in [0.717, 1.165) is 24.4 Å². The Morgan fingerprint density at radius 1 is 1.56 bits per heavy atom. The van der Waals surface area contributed by atoms with E-state index in [2.05, 4.69) is 23.5 Å². The normalized spacial score (nSPS) is 12.2. The molecule has 1 aromatic heterocycles. The number of pyridine rings is 1. The summed E-state index contributed by atoms with van der Waals surface area (Å²) in [6.07, 6.45) is 2.81. The molecule has 1 rings (SSSR count). The van der Waals surface area contributed by atoms with Gasteiger partial charge in [0, 0.05) is 12.2 Å². The van der Waals surface area contributed by atoms with Crippen molar-refractivity contribution in [2.24, 2.45) is 5.92 Å². The molecule has 0 amide bonds. The maximum atomic E-state index is 11.0. The largest absolute Gasteiger partial charge is 0.478 e. The molecule has 0 saturated carbocycles. The quantitative estimate of drug-likeness (QED) is 0.796. The summed E-state index contributed by atoms with van der Waals surface area (Å²) < 4.78 is 0. The van der Waals surface area contributed by atoms with Gasteiger partial charge in [-0.15, -0.1) is 0 Å². The fraction of sp³-hybridized carbons (Fsp3) is 0.538. The molecule has 1 atom stereocenters. The molecule has 1 heterocycles. The first-order chi connectivity index (χ1) is 8.56. The van der Waals surface area contributed by atoms with Gasteiger partial charge < -0.3 is 10.4 Å². The highest BCUT2D eigenvalue weighted by atomic mass is 32.2. The molecule has 0 radical (unpaired) electrons. The number of carboxylic acid groups (broad SMARTS) is 1. The number of aromatic nitrogens is 1. The summed E-state index contributed by atoms with van der Waals surface area (Å²) in [5.74, 6) is 1.35. The molecule has 5 heteroatoms. The third kappa shape index (κ3) is 4.56. The van der Waals surface area contributed by atoms with Crippen molar-refractivity contribution in [3.8, 4) is 0 Å². The number of anilines is 1. The third-order valence-corrected chi connectivity index (χ3v) is 3.47. The van der Waals surface area contributed by atoms with Gasteiger partial charge in [-0.2, -0.15) is 11.8 Å². The van der Waals surface area contributed by atoms with E-state index in [1.165, 1.54) is 0 Å². The van der Waals surface area contributed by atoms with Gasteiger partial charge in [0.15, 0.2) is 0 Å². The van der Waals surface area contributed by atoms with Crippen molar-refractivity contribution in [1.29, 1.82) is 0 Å². The second-order valence-corrected chi connectivity index (χ2v) is 5.24. The minimum atomic E-state index is -0.910. The van der Waals surface area contributed by atoms with E-state index in [0.29, 0.717) is 17.3 Å². The molecule has 0 aliphatic carbocycles. The standard InChI is InChI=1S/C13H20N2O2S/c1-4-11-5-10(13(16)17)6-12(15-11)14-7-9(2)8-18-3/h5-6,9H,4,7-8H2,1-3H3,(H,14,15)(H,16,17). The number of carbonyl (C=O) groups is 1. The van der Waals surface area contributed by atoms with Crippen LogP contribution in [-0.2, 0) is 6.42 Å². The van der Waals surface area contributed by atoms with Gasteiger partial charge in [0.2, 0.25) is 0 Å². The van der Waals surface area contributed by atoms with Crippen molar-refractivity contribution in [2.45, 2.75) is 20.3 Å². The molecular weight excluding hydrogens is 248 g/mol. The molecule has 0 bridgehead atoms. The highest BCUT2D eigenvalue weighted by Crippen LogP contribution is 2.13. The van der Waals surface area contributed by atoms with E-state index >= 15 is 0 Å². The van der Waals surface area contributed by atoms with Gasteiger partial charge in [0.05, 0.1) is 5.56 Å². The summed E-state index contributed by atoms with van der Waals surface area (Å²) in [7, 11) is 0. The molecule has 1 unspecified atom stereocenters. The molecule has 18 heavy (non-hydrogen) atoms. The van der Waals surface area contributed by atoms with Crippen LogP contribution in [0.25, 0.3) is 0 Å². The summed E-state index contributed by atoms with van der Waals surface area (Å²) in [5, 5.41) is 12.2. The van der Waals surface area contributed by atoms with Crippen molar-refractivity contribution in [3.05, 3.63) is 23.4 Å². The predicted octanol–water partition coefficient (Wildman–Crippen LogP) is 2.75. The van der Waals surface area contributed by atoms with Crippen LogP contribution in [0.4, 0.5) is 5.82 Å². The summed E-state index contributed by atoms with van der Waals surface area (Å²) in [4.78, 5) is 15.4. The maximum Gasteiger partial charge on any atom is 0.335 e. The van der Waals surface area contributed by atoms with Gasteiger partial charge in [0.1, 0.15) is 5.82 Å². The molecule has 0 saturated heterocycles. The van der Waals surface area contributed by atoms with Crippen molar-refractivity contribution in [3.63, 3.8) is 0 Å². The Labute approximate surface area is 112 Å². The summed E-state index contributed by atoms with van der Waals surface area (Å²) in [6, 6.07) is 3.21. The van der Waals surface area contributed by atoms with Crippen LogP contribution in [0.5, 0.6) is 0 Å². The van der Waals surface area contributed by atoms with Gasteiger partial charge in [-0.05, 0) is 36.5 Å². The Hall–Kier alpha value is -1.23. The number of rotatable bonds is 7. The Balaban J connectivity index is 2.75. The summed E-state index contributed by atoms with van der Waals surface area (Å²) in [6.45, 7) is 4.93. The highest BCUT2D eigenvalue weighted by Gasteiger charge is 2.08. The SMILES string of the molecule is CCc1cc(C(=O)O)cc(NCC(C)CSC)n1. The molecule has 0 aliphatic rings. The van der Waals surface area contributed by atoms with Crippen LogP contribution in [0.15, 0.2) is 12.1 Å². The first-order valence-electron chi connectivity index (χ1n) is 6.03. The molecular formula is C13H20N2O2S. The zero-order valence-corrected chi connectivity index (χ0v) is 11.9. The van der Waals surface area contributed by atoms with Crippen molar-refractivity contribution in [1.82, 2.24) is 4.98 Å². The zero-order valence-electron chi connectivity index (χ0n) is 11.1. The first kappa shape index (κ1) is 14.8. The minimum Gasteiger partial charge on any atom is -0.478 e. The number of hydrogen-bond donors (Lipinski definition) is 2. The van der Waals surface area contributed by atoms with Crippen LogP contribution >= 0.6 is 11.8 Å². The number of aromatic carboxylic acids is 1. The van der Waals surface area contributed by atoms with Crippen molar-refractivity contribution >= 4 is 23.5 Å². The average Bonchev–Trinajstić information content (AvgIpc) is 2.36. The number of thioether (sulfide) groups is 1. The van der Waals surface area contributed by atoms with E-state index in [1.54, 1.807) is 23.9 Å². The molecule has 1 aromatic rings. The van der Waals surface area contributed by atoms with Crippen LogP contribution < -0.4 is 5.32 Å². The van der Waals surface area contributed by atoms with Crippen LogP contribution in [0, 0.1) is 5.92 Å². The summed E-state index contributed by atoms with van der Waals surface area (Å²) >= 11 is 1.81. The lowest BCUT2D eigenvalue weighted by molar-refractivity contribution is 0.0696. The number of nitrogens with zero attached hydrogens (tertiary/aromatic N) is 1. The van der Waals surface area contributed by atoms with Crippen molar-refractivity contribution in [2.75, 3.05) is 23.9 Å². The van der Waals surface area contributed by atoms with Gasteiger partial charge in [-0.1, -0.05) is 13.8 Å². The zero-order chi connectivity index (χ0) is 13.5. The molecule has 0 fully saturated rings. The van der Waals surface area contributed by atoms with Crippen molar-refractivity contribution < 1.29 is 9.90 Å². The van der Waals surface area contributed by atoms with E-state index in [4.69, 9.17) is 5.11 Å². The second-order valence-electron chi connectivity index (χ2n) is 4.33. The van der Waals surface area contributed by atoms with Gasteiger partial charge >= 0.3 is 5.97 Å². The lowest BCUT2D eigenvalue weighted by Crippen LogP contribution is -2.15. The van der Waals surface area contributed by atoms with Gasteiger partial charge in [-0.25, -0.2) is 9.78 Å². The molecule has 2 N–H and O–H groups in total. The minimum absolute atomic E-state index is 0.293. The average molecular weight is 268 g/mol. The van der Waals surface area contributed by atoms with Gasteiger partial charge in [-0.3, -0.25) is 0 Å². The van der Waals surface area contributed by atoms with E-state index in [-0.39, 0.29) is 0 Å². The third-order valence-electron chi connectivity index (χ3n) is 2.57. The summed E-state index contributed by atoms with van der Waals surface area (Å²) in [5.41, 5.74) is 1.09. The van der Waals surface area contributed by atoms with Crippen LogP contribution in [0.1, 0.15) is 29.9 Å². The van der Waals surface area contributed by atoms with Crippen LogP contribution in [-0.4, -0.2) is 34.6 Å². The highest BCUT2D eigenvalue weighted by molar-refractivity contribution is 7.98. The molecule has 100 valence electrons. The number of aryl methyl sites for hydroxylation is 1. The maximum absolute atomic E-state index is 11.0. The fourth-order valence-electron chi connectivity index (χ4n) is 1.61. The topological polar surface area (TPSA) is 62.2 Å². The lowest BCUT2D eigenvalue weighted by atomic mass is 10.2. The smallest absolute Gasteiger partial charge is 0.335 e. The number of hydrogen-bond acceptors (Lipinski definition) is 4. The second kappa shape index (κ2) is 7.26. The predicted molar refractivity (Wildman–Crippen MR) is 76.6 cm³/mol. The molecule has 0 aliphatic heterocycles. The fourth-order valence-corrected chi connectivity index (χ4v) is 2.29. The Bertz CT molecular complexity index is 410. The number of nitrogens with one attached hydrogen (secondary N) is 1. The van der Waals surface area contributed by atoms with E-state index in [1.807, 2.05) is 6.92 Å². The monoisotopic (exact) mass is 268 g/mol. The molecule has 0 aromatic carbocycles. The Kier molecular flexibility index (Phi) is 5.98. The van der Waals surface area contributed by atoms with Crippen LogP contribution in [0.2, 0.25) is 0 Å².